The Labute approximate surface area is 110 Å². The first-order valence-corrected chi connectivity index (χ1v) is 5.83. The lowest BCUT2D eigenvalue weighted by Gasteiger charge is -2.14. The molecule has 0 aromatic heterocycles. The van der Waals surface area contributed by atoms with Crippen LogP contribution in [0.4, 0.5) is 4.39 Å². The Morgan fingerprint density at radius 3 is 2.63 bits per heavy atom. The summed E-state index contributed by atoms with van der Waals surface area (Å²) in [4.78, 5) is 22.0. The van der Waals surface area contributed by atoms with Gasteiger partial charge in [0.05, 0.1) is 18.9 Å². The molecule has 1 aromatic rings. The fourth-order valence-corrected chi connectivity index (χ4v) is 1.65. The highest BCUT2D eigenvalue weighted by atomic mass is 19.1. The third-order valence-electron chi connectivity index (χ3n) is 2.50. The van der Waals surface area contributed by atoms with E-state index in [9.17, 15) is 19.1 Å². The van der Waals surface area contributed by atoms with Crippen molar-refractivity contribution in [2.45, 2.75) is 31.9 Å². The molecule has 1 amide bonds. The van der Waals surface area contributed by atoms with Crippen LogP contribution in [0.15, 0.2) is 24.3 Å². The van der Waals surface area contributed by atoms with Gasteiger partial charge in [0.2, 0.25) is 5.91 Å². The van der Waals surface area contributed by atoms with Crippen molar-refractivity contribution in [3.63, 3.8) is 0 Å². The molecule has 0 aliphatic rings. The SMILES string of the molecule is CC(CC(=O)O)NC(=O)CC(O)c1cccc(F)c1. The van der Waals surface area contributed by atoms with Gasteiger partial charge in [-0.3, -0.25) is 9.59 Å². The second-order valence-corrected chi connectivity index (χ2v) is 4.34. The molecule has 2 unspecified atom stereocenters. The van der Waals surface area contributed by atoms with Crippen LogP contribution in [0.3, 0.4) is 0 Å². The molecule has 3 N–H and O–H groups in total. The quantitative estimate of drug-likeness (QED) is 0.725. The van der Waals surface area contributed by atoms with E-state index >= 15 is 0 Å². The molecule has 0 heterocycles. The predicted molar refractivity (Wildman–Crippen MR) is 65.8 cm³/mol. The van der Waals surface area contributed by atoms with Gasteiger partial charge in [-0.05, 0) is 24.6 Å². The molecule has 0 saturated carbocycles. The molecule has 1 rings (SSSR count). The number of carboxylic acid groups (broad SMARTS) is 1. The number of hydrogen-bond acceptors (Lipinski definition) is 3. The summed E-state index contributed by atoms with van der Waals surface area (Å²) < 4.78 is 12.9. The standard InChI is InChI=1S/C13H16FNO4/c1-8(5-13(18)19)15-12(17)7-11(16)9-3-2-4-10(14)6-9/h2-4,6,8,11,16H,5,7H2,1H3,(H,15,17)(H,18,19). The summed E-state index contributed by atoms with van der Waals surface area (Å²) in [6.45, 7) is 1.56. The van der Waals surface area contributed by atoms with E-state index in [4.69, 9.17) is 5.11 Å². The Bertz CT molecular complexity index is 464. The smallest absolute Gasteiger partial charge is 0.305 e. The molecule has 2 atom stereocenters. The summed E-state index contributed by atoms with van der Waals surface area (Å²) in [5.41, 5.74) is 0.307. The van der Waals surface area contributed by atoms with Gasteiger partial charge in [0, 0.05) is 6.04 Å². The highest BCUT2D eigenvalue weighted by Gasteiger charge is 2.16. The first kappa shape index (κ1) is 15.1. The van der Waals surface area contributed by atoms with Crippen LogP contribution in [-0.2, 0) is 9.59 Å². The molecule has 0 spiro atoms. The van der Waals surface area contributed by atoms with Gasteiger partial charge < -0.3 is 15.5 Å². The van der Waals surface area contributed by atoms with Crippen molar-refractivity contribution in [2.75, 3.05) is 0 Å². The maximum absolute atomic E-state index is 12.9. The lowest BCUT2D eigenvalue weighted by molar-refractivity contribution is -0.137. The number of carbonyl (C=O) groups is 2. The van der Waals surface area contributed by atoms with Crippen LogP contribution in [-0.4, -0.2) is 28.1 Å². The number of benzene rings is 1. The Morgan fingerprint density at radius 2 is 2.05 bits per heavy atom. The fraction of sp³-hybridized carbons (Fsp3) is 0.385. The first-order valence-electron chi connectivity index (χ1n) is 5.83. The van der Waals surface area contributed by atoms with Crippen molar-refractivity contribution < 1.29 is 24.2 Å². The third kappa shape index (κ3) is 5.48. The molecule has 5 nitrogen and oxygen atoms in total. The van der Waals surface area contributed by atoms with Gasteiger partial charge in [-0.1, -0.05) is 12.1 Å². The van der Waals surface area contributed by atoms with E-state index < -0.39 is 29.8 Å². The Balaban J connectivity index is 2.50. The summed E-state index contributed by atoms with van der Waals surface area (Å²) >= 11 is 0. The van der Waals surface area contributed by atoms with Crippen molar-refractivity contribution in [3.8, 4) is 0 Å². The van der Waals surface area contributed by atoms with Crippen molar-refractivity contribution in [1.82, 2.24) is 5.32 Å². The lowest BCUT2D eigenvalue weighted by Crippen LogP contribution is -2.34. The van der Waals surface area contributed by atoms with Crippen LogP contribution in [0, 0.1) is 5.82 Å². The van der Waals surface area contributed by atoms with E-state index in [1.807, 2.05) is 0 Å². The molecule has 1 aromatic carbocycles. The molecular weight excluding hydrogens is 253 g/mol. The van der Waals surface area contributed by atoms with Gasteiger partial charge in [-0.15, -0.1) is 0 Å². The molecular formula is C13H16FNO4. The topological polar surface area (TPSA) is 86.6 Å². The Morgan fingerprint density at radius 1 is 1.37 bits per heavy atom. The van der Waals surface area contributed by atoms with E-state index in [1.54, 1.807) is 6.92 Å². The van der Waals surface area contributed by atoms with Crippen LogP contribution in [0.2, 0.25) is 0 Å². The zero-order valence-corrected chi connectivity index (χ0v) is 10.5. The molecule has 0 aliphatic heterocycles. The fourth-order valence-electron chi connectivity index (χ4n) is 1.65. The number of aliphatic carboxylic acids is 1. The van der Waals surface area contributed by atoms with Gasteiger partial charge >= 0.3 is 5.97 Å². The number of rotatable bonds is 6. The minimum absolute atomic E-state index is 0.193. The maximum Gasteiger partial charge on any atom is 0.305 e. The number of amides is 1. The second kappa shape index (κ2) is 6.84. The van der Waals surface area contributed by atoms with Crippen molar-refractivity contribution in [1.29, 1.82) is 0 Å². The summed E-state index contributed by atoms with van der Waals surface area (Å²) in [5.74, 6) is -1.99. The number of nitrogens with one attached hydrogen (secondary N) is 1. The van der Waals surface area contributed by atoms with Crippen molar-refractivity contribution in [2.24, 2.45) is 0 Å². The highest BCUT2D eigenvalue weighted by Crippen LogP contribution is 2.17. The number of carboxylic acids is 1. The molecule has 19 heavy (non-hydrogen) atoms. The molecule has 0 fully saturated rings. The monoisotopic (exact) mass is 269 g/mol. The largest absolute Gasteiger partial charge is 0.481 e. The normalized spacial score (nSPS) is 13.6. The van der Waals surface area contributed by atoms with E-state index in [-0.39, 0.29) is 12.8 Å². The van der Waals surface area contributed by atoms with Gasteiger partial charge in [0.1, 0.15) is 5.82 Å². The van der Waals surface area contributed by atoms with Crippen LogP contribution in [0.1, 0.15) is 31.4 Å². The highest BCUT2D eigenvalue weighted by molar-refractivity contribution is 5.78. The van der Waals surface area contributed by atoms with Crippen molar-refractivity contribution in [3.05, 3.63) is 35.6 Å². The number of hydrogen-bond donors (Lipinski definition) is 3. The predicted octanol–water partition coefficient (Wildman–Crippen LogP) is 1.23. The Hall–Kier alpha value is -1.95. The lowest BCUT2D eigenvalue weighted by atomic mass is 10.1. The van der Waals surface area contributed by atoms with Crippen LogP contribution >= 0.6 is 0 Å². The average Bonchev–Trinajstić information content (AvgIpc) is 2.27. The molecule has 0 bridgehead atoms. The summed E-state index contributed by atoms with van der Waals surface area (Å²) in [6.07, 6.45) is -1.55. The summed E-state index contributed by atoms with van der Waals surface area (Å²) in [5, 5.41) is 20.8. The van der Waals surface area contributed by atoms with E-state index in [2.05, 4.69) is 5.32 Å². The van der Waals surface area contributed by atoms with Gasteiger partial charge in [0.15, 0.2) is 0 Å². The molecule has 0 saturated heterocycles. The van der Waals surface area contributed by atoms with Crippen LogP contribution in [0.5, 0.6) is 0 Å². The van der Waals surface area contributed by atoms with Crippen LogP contribution < -0.4 is 5.32 Å². The molecule has 0 aliphatic carbocycles. The molecule has 104 valence electrons. The maximum atomic E-state index is 12.9. The zero-order chi connectivity index (χ0) is 14.4. The Kier molecular flexibility index (Phi) is 5.44. The molecule has 0 radical (unpaired) electrons. The van der Waals surface area contributed by atoms with E-state index in [0.717, 1.165) is 6.07 Å². The third-order valence-corrected chi connectivity index (χ3v) is 2.50. The van der Waals surface area contributed by atoms with Gasteiger partial charge in [-0.2, -0.15) is 0 Å². The molecule has 6 heteroatoms. The minimum atomic E-state index is -1.12. The minimum Gasteiger partial charge on any atom is -0.481 e. The van der Waals surface area contributed by atoms with Gasteiger partial charge in [-0.25, -0.2) is 4.39 Å². The average molecular weight is 269 g/mol. The van der Waals surface area contributed by atoms with Crippen LogP contribution in [0.25, 0.3) is 0 Å². The number of halogens is 1. The van der Waals surface area contributed by atoms with E-state index in [1.165, 1.54) is 18.2 Å². The summed E-state index contributed by atoms with van der Waals surface area (Å²) in [7, 11) is 0. The number of aliphatic hydroxyl groups is 1. The number of aliphatic hydroxyl groups excluding tert-OH is 1. The second-order valence-electron chi connectivity index (χ2n) is 4.34. The summed E-state index contributed by atoms with van der Waals surface area (Å²) in [6, 6.07) is 4.83. The van der Waals surface area contributed by atoms with Crippen molar-refractivity contribution >= 4 is 11.9 Å². The van der Waals surface area contributed by atoms with E-state index in [0.29, 0.717) is 5.56 Å². The first-order chi connectivity index (χ1) is 8.88. The zero-order valence-electron chi connectivity index (χ0n) is 10.5. The number of carbonyl (C=O) groups excluding carboxylic acids is 1. The van der Waals surface area contributed by atoms with Gasteiger partial charge in [0.25, 0.3) is 0 Å².